The molecule has 0 aliphatic carbocycles. The summed E-state index contributed by atoms with van der Waals surface area (Å²) in [4.78, 5) is 40.5. The van der Waals surface area contributed by atoms with Crippen LogP contribution in [0.15, 0.2) is 30.6 Å². The Bertz CT molecular complexity index is 750. The molecule has 2 amide bonds. The number of imide groups is 1. The molecule has 1 aliphatic heterocycles. The van der Waals surface area contributed by atoms with Crippen LogP contribution in [-0.2, 0) is 28.0 Å². The van der Waals surface area contributed by atoms with E-state index in [4.69, 9.17) is 9.57 Å². The predicted octanol–water partition coefficient (Wildman–Crippen LogP) is 0.0861. The van der Waals surface area contributed by atoms with Gasteiger partial charge in [-0.15, -0.1) is 10.2 Å². The highest BCUT2D eigenvalue weighted by atomic mass is 16.7. The van der Waals surface area contributed by atoms with Crippen LogP contribution < -0.4 is 0 Å². The first kappa shape index (κ1) is 14.9. The molecule has 2 heterocycles. The molecule has 3 rings (SSSR count). The van der Waals surface area contributed by atoms with Gasteiger partial charge in [0, 0.05) is 7.05 Å². The smallest absolute Gasteiger partial charge is 0.358 e. The quantitative estimate of drug-likeness (QED) is 0.720. The van der Waals surface area contributed by atoms with Crippen LogP contribution in [0.1, 0.15) is 26.5 Å². The van der Waals surface area contributed by atoms with E-state index in [1.807, 2.05) is 0 Å². The van der Waals surface area contributed by atoms with Gasteiger partial charge in [-0.25, -0.2) is 4.79 Å². The molecular weight excluding hydrogens is 304 g/mol. The molecule has 118 valence electrons. The van der Waals surface area contributed by atoms with E-state index in [2.05, 4.69) is 10.2 Å². The maximum Gasteiger partial charge on any atom is 0.358 e. The number of rotatable bonds is 5. The number of carbonyl (C=O) groups is 3. The van der Waals surface area contributed by atoms with Crippen molar-refractivity contribution in [1.82, 2.24) is 19.8 Å². The molecule has 0 atom stereocenters. The molecule has 2 aromatic rings. The Morgan fingerprint density at radius 2 is 1.83 bits per heavy atom. The number of nitrogens with zero attached hydrogens (tertiary/aromatic N) is 4. The fourth-order valence-corrected chi connectivity index (χ4v) is 2.04. The van der Waals surface area contributed by atoms with Crippen molar-refractivity contribution in [1.29, 1.82) is 0 Å². The molecule has 0 unspecified atom stereocenters. The number of ether oxygens (including phenoxy) is 1. The van der Waals surface area contributed by atoms with Gasteiger partial charge in [0.15, 0.2) is 5.82 Å². The van der Waals surface area contributed by atoms with Gasteiger partial charge in [0.05, 0.1) is 11.1 Å². The van der Waals surface area contributed by atoms with Crippen molar-refractivity contribution in [2.75, 3.05) is 6.61 Å². The molecule has 0 saturated heterocycles. The van der Waals surface area contributed by atoms with Gasteiger partial charge in [0.2, 0.25) is 0 Å². The number of amides is 2. The minimum Gasteiger partial charge on any atom is -0.362 e. The maximum atomic E-state index is 12.0. The zero-order chi connectivity index (χ0) is 16.4. The van der Waals surface area contributed by atoms with E-state index in [1.54, 1.807) is 23.7 Å². The van der Waals surface area contributed by atoms with Crippen LogP contribution in [0.4, 0.5) is 0 Å². The Labute approximate surface area is 130 Å². The van der Waals surface area contributed by atoms with Crippen molar-refractivity contribution < 1.29 is 24.0 Å². The van der Waals surface area contributed by atoms with Gasteiger partial charge in [0.25, 0.3) is 11.8 Å². The summed E-state index contributed by atoms with van der Waals surface area (Å²) >= 11 is 0. The molecule has 9 heteroatoms. The molecule has 0 saturated carbocycles. The average Bonchev–Trinajstić information content (AvgIpc) is 3.05. The zero-order valence-electron chi connectivity index (χ0n) is 12.1. The second-order valence-electron chi connectivity index (χ2n) is 4.76. The number of benzene rings is 1. The lowest BCUT2D eigenvalue weighted by Gasteiger charge is -2.12. The van der Waals surface area contributed by atoms with Crippen molar-refractivity contribution in [3.05, 3.63) is 47.5 Å². The molecule has 0 radical (unpaired) electrons. The minimum atomic E-state index is -0.860. The van der Waals surface area contributed by atoms with Crippen LogP contribution in [0.3, 0.4) is 0 Å². The number of hydrogen-bond donors (Lipinski definition) is 0. The third-order valence-corrected chi connectivity index (χ3v) is 3.21. The lowest BCUT2D eigenvalue weighted by Crippen LogP contribution is -2.34. The summed E-state index contributed by atoms with van der Waals surface area (Å²) in [7, 11) is 1.73. The van der Waals surface area contributed by atoms with E-state index < -0.39 is 24.4 Å². The molecule has 0 bridgehead atoms. The molecule has 9 nitrogen and oxygen atoms in total. The third-order valence-electron chi connectivity index (χ3n) is 3.21. The highest BCUT2D eigenvalue weighted by molar-refractivity contribution is 6.20. The van der Waals surface area contributed by atoms with Crippen LogP contribution in [0.2, 0.25) is 0 Å². The SMILES string of the molecule is Cn1cnnc1COCC(=O)ON1C(=O)c2ccccc2C1=O. The van der Waals surface area contributed by atoms with Crippen LogP contribution >= 0.6 is 0 Å². The lowest BCUT2D eigenvalue weighted by molar-refractivity contribution is -0.174. The highest BCUT2D eigenvalue weighted by Gasteiger charge is 2.38. The summed E-state index contributed by atoms with van der Waals surface area (Å²) in [6, 6.07) is 6.24. The molecule has 1 aromatic carbocycles. The normalized spacial score (nSPS) is 13.3. The summed E-state index contributed by atoms with van der Waals surface area (Å²) in [5.41, 5.74) is 0.399. The number of carbonyl (C=O) groups excluding carboxylic acids is 3. The zero-order valence-corrected chi connectivity index (χ0v) is 12.1. The van der Waals surface area contributed by atoms with Gasteiger partial charge in [0.1, 0.15) is 19.5 Å². The Balaban J connectivity index is 1.56. The standard InChI is InChI=1S/C14H12N4O5/c1-17-8-15-16-11(17)6-22-7-12(19)23-18-13(20)9-4-2-3-5-10(9)14(18)21/h2-5,8H,6-7H2,1H3. The molecule has 1 aromatic heterocycles. The molecule has 23 heavy (non-hydrogen) atoms. The third kappa shape index (κ3) is 2.81. The van der Waals surface area contributed by atoms with Crippen LogP contribution in [0.25, 0.3) is 0 Å². The van der Waals surface area contributed by atoms with Crippen molar-refractivity contribution in [2.24, 2.45) is 7.05 Å². The van der Waals surface area contributed by atoms with E-state index >= 15 is 0 Å². The second kappa shape index (κ2) is 5.97. The predicted molar refractivity (Wildman–Crippen MR) is 73.7 cm³/mol. The van der Waals surface area contributed by atoms with Gasteiger partial charge >= 0.3 is 5.97 Å². The van der Waals surface area contributed by atoms with E-state index in [0.29, 0.717) is 10.9 Å². The van der Waals surface area contributed by atoms with Crippen molar-refractivity contribution >= 4 is 17.8 Å². The summed E-state index contributed by atoms with van der Waals surface area (Å²) < 4.78 is 6.77. The van der Waals surface area contributed by atoms with Gasteiger partial charge in [-0.3, -0.25) is 9.59 Å². The largest absolute Gasteiger partial charge is 0.362 e. The number of aryl methyl sites for hydroxylation is 1. The van der Waals surface area contributed by atoms with Crippen molar-refractivity contribution in [3.63, 3.8) is 0 Å². The minimum absolute atomic E-state index is 0.0493. The Hall–Kier alpha value is -3.07. The van der Waals surface area contributed by atoms with E-state index in [-0.39, 0.29) is 17.7 Å². The Kier molecular flexibility index (Phi) is 3.85. The molecule has 0 spiro atoms. The summed E-state index contributed by atoms with van der Waals surface area (Å²) in [6.45, 7) is -0.381. The van der Waals surface area contributed by atoms with Gasteiger partial charge in [-0.05, 0) is 12.1 Å². The highest BCUT2D eigenvalue weighted by Crippen LogP contribution is 2.22. The summed E-state index contributed by atoms with van der Waals surface area (Å²) in [5.74, 6) is -1.68. The number of hydrogen-bond acceptors (Lipinski definition) is 7. The van der Waals surface area contributed by atoms with Crippen LogP contribution in [-0.4, -0.2) is 44.2 Å². The second-order valence-corrected chi connectivity index (χ2v) is 4.76. The first-order chi connectivity index (χ1) is 11.1. The van der Waals surface area contributed by atoms with E-state index in [0.717, 1.165) is 0 Å². The first-order valence-electron chi connectivity index (χ1n) is 6.67. The van der Waals surface area contributed by atoms with Crippen molar-refractivity contribution in [3.8, 4) is 0 Å². The molecule has 1 aliphatic rings. The number of fused-ring (bicyclic) bond motifs is 1. The van der Waals surface area contributed by atoms with Gasteiger partial charge in [-0.2, -0.15) is 0 Å². The monoisotopic (exact) mass is 316 g/mol. The van der Waals surface area contributed by atoms with Crippen molar-refractivity contribution in [2.45, 2.75) is 6.61 Å². The summed E-state index contributed by atoms with van der Waals surface area (Å²) in [6.07, 6.45) is 1.50. The fraction of sp³-hybridized carbons (Fsp3) is 0.214. The topological polar surface area (TPSA) is 104 Å². The van der Waals surface area contributed by atoms with E-state index in [9.17, 15) is 14.4 Å². The molecule has 0 fully saturated rings. The fourth-order valence-electron chi connectivity index (χ4n) is 2.04. The van der Waals surface area contributed by atoms with E-state index in [1.165, 1.54) is 18.5 Å². The summed E-state index contributed by atoms with van der Waals surface area (Å²) in [5, 5.41) is 7.89. The van der Waals surface area contributed by atoms with Crippen LogP contribution in [0, 0.1) is 0 Å². The number of aromatic nitrogens is 3. The molecular formula is C14H12N4O5. The first-order valence-corrected chi connectivity index (χ1v) is 6.67. The maximum absolute atomic E-state index is 12.0. The van der Waals surface area contributed by atoms with Gasteiger partial charge in [-0.1, -0.05) is 17.2 Å². The lowest BCUT2D eigenvalue weighted by atomic mass is 10.1. The average molecular weight is 316 g/mol. The Morgan fingerprint density at radius 1 is 1.17 bits per heavy atom. The van der Waals surface area contributed by atoms with Gasteiger partial charge < -0.3 is 14.1 Å². The van der Waals surface area contributed by atoms with Crippen LogP contribution in [0.5, 0.6) is 0 Å². The Morgan fingerprint density at radius 3 is 2.39 bits per heavy atom. The number of hydroxylamine groups is 2. The molecule has 0 N–H and O–H groups in total.